The van der Waals surface area contributed by atoms with E-state index >= 15 is 0 Å². The van der Waals surface area contributed by atoms with Crippen LogP contribution in [0.2, 0.25) is 0 Å². The third-order valence-corrected chi connectivity index (χ3v) is 4.27. The number of halogens is 1. The van der Waals surface area contributed by atoms with E-state index in [9.17, 15) is 9.18 Å². The van der Waals surface area contributed by atoms with Crippen LogP contribution in [-0.4, -0.2) is 25.5 Å². The van der Waals surface area contributed by atoms with Crippen LogP contribution in [0.4, 0.5) is 4.39 Å². The average Bonchev–Trinajstić information content (AvgIpc) is 2.96. The van der Waals surface area contributed by atoms with E-state index in [2.05, 4.69) is 10.6 Å². The fourth-order valence-corrected chi connectivity index (χ4v) is 2.81. The molecule has 0 saturated carbocycles. The van der Waals surface area contributed by atoms with Gasteiger partial charge in [0.2, 0.25) is 5.91 Å². The molecule has 3 nitrogen and oxygen atoms in total. The topological polar surface area (TPSA) is 41.1 Å². The van der Waals surface area contributed by atoms with E-state index in [1.807, 2.05) is 19.9 Å². The van der Waals surface area contributed by atoms with Gasteiger partial charge in [-0.05, 0) is 43.5 Å². The molecule has 1 saturated heterocycles. The largest absolute Gasteiger partial charge is 0.355 e. The van der Waals surface area contributed by atoms with E-state index in [0.717, 1.165) is 25.9 Å². The van der Waals surface area contributed by atoms with Crippen molar-refractivity contribution in [3.8, 4) is 0 Å². The maximum absolute atomic E-state index is 13.8. The summed E-state index contributed by atoms with van der Waals surface area (Å²) in [5.74, 6) is 0.468. The Morgan fingerprint density at radius 3 is 2.86 bits per heavy atom. The summed E-state index contributed by atoms with van der Waals surface area (Å²) in [6.07, 6.45) is 2.65. The van der Waals surface area contributed by atoms with Crippen LogP contribution in [0.15, 0.2) is 24.3 Å². The number of carbonyl (C=O) groups is 1. The summed E-state index contributed by atoms with van der Waals surface area (Å²) in [4.78, 5) is 11.9. The van der Waals surface area contributed by atoms with Crippen LogP contribution in [-0.2, 0) is 10.2 Å². The van der Waals surface area contributed by atoms with Crippen molar-refractivity contribution in [3.05, 3.63) is 35.6 Å². The molecule has 0 spiro atoms. The lowest BCUT2D eigenvalue weighted by Gasteiger charge is -2.26. The molecule has 1 atom stereocenters. The Kier molecular flexibility index (Phi) is 5.34. The summed E-state index contributed by atoms with van der Waals surface area (Å²) < 4.78 is 13.8. The molecule has 1 amide bonds. The molecule has 0 radical (unpaired) electrons. The first-order valence-electron chi connectivity index (χ1n) is 7.71. The Morgan fingerprint density at radius 1 is 1.43 bits per heavy atom. The molecule has 116 valence electrons. The molecule has 1 heterocycles. The summed E-state index contributed by atoms with van der Waals surface area (Å²) in [6.45, 7) is 6.44. The summed E-state index contributed by atoms with van der Waals surface area (Å²) in [5, 5.41) is 6.25. The lowest BCUT2D eigenvalue weighted by Crippen LogP contribution is -2.37. The lowest BCUT2D eigenvalue weighted by molar-refractivity contribution is -0.121. The van der Waals surface area contributed by atoms with Crippen LogP contribution >= 0.6 is 0 Å². The standard InChI is InChI=1S/C17H25FN2O/c1-17(2,14-5-3-4-6-15(14)18)12-20-16(21)8-7-13-9-10-19-11-13/h3-6,13,19H,7-12H2,1-2H3,(H,20,21). The van der Waals surface area contributed by atoms with Crippen molar-refractivity contribution in [1.82, 2.24) is 10.6 Å². The first-order chi connectivity index (χ1) is 9.99. The maximum Gasteiger partial charge on any atom is 0.220 e. The van der Waals surface area contributed by atoms with Crippen molar-refractivity contribution in [1.29, 1.82) is 0 Å². The van der Waals surface area contributed by atoms with Gasteiger partial charge in [0, 0.05) is 18.4 Å². The molecule has 2 rings (SSSR count). The Balaban J connectivity index is 1.80. The zero-order valence-electron chi connectivity index (χ0n) is 12.9. The smallest absolute Gasteiger partial charge is 0.220 e. The molecule has 2 N–H and O–H groups in total. The molecule has 1 unspecified atom stereocenters. The first kappa shape index (κ1) is 16.0. The van der Waals surface area contributed by atoms with Gasteiger partial charge in [-0.15, -0.1) is 0 Å². The van der Waals surface area contributed by atoms with E-state index in [1.165, 1.54) is 6.07 Å². The Bertz CT molecular complexity index is 481. The Labute approximate surface area is 126 Å². The third-order valence-electron chi connectivity index (χ3n) is 4.27. The first-order valence-corrected chi connectivity index (χ1v) is 7.71. The van der Waals surface area contributed by atoms with Crippen LogP contribution in [0, 0.1) is 11.7 Å². The van der Waals surface area contributed by atoms with Gasteiger partial charge in [0.1, 0.15) is 5.82 Å². The van der Waals surface area contributed by atoms with Crippen molar-refractivity contribution in [2.45, 2.75) is 38.5 Å². The van der Waals surface area contributed by atoms with Crippen LogP contribution in [0.5, 0.6) is 0 Å². The highest BCUT2D eigenvalue weighted by Gasteiger charge is 2.24. The summed E-state index contributed by atoms with van der Waals surface area (Å²) in [6, 6.07) is 6.76. The van der Waals surface area contributed by atoms with Crippen LogP contribution < -0.4 is 10.6 Å². The van der Waals surface area contributed by atoms with Crippen LogP contribution in [0.3, 0.4) is 0 Å². The SMILES string of the molecule is CC(C)(CNC(=O)CCC1CCNC1)c1ccccc1F. The molecule has 1 aromatic carbocycles. The van der Waals surface area contributed by atoms with Crippen molar-refractivity contribution in [2.75, 3.05) is 19.6 Å². The number of amides is 1. The zero-order chi connectivity index (χ0) is 15.3. The van der Waals surface area contributed by atoms with Crippen molar-refractivity contribution >= 4 is 5.91 Å². The lowest BCUT2D eigenvalue weighted by atomic mass is 9.84. The minimum Gasteiger partial charge on any atom is -0.355 e. The third kappa shape index (κ3) is 4.53. The molecular weight excluding hydrogens is 267 g/mol. The monoisotopic (exact) mass is 292 g/mol. The molecular formula is C17H25FN2O. The number of rotatable bonds is 6. The molecule has 0 bridgehead atoms. The minimum atomic E-state index is -0.407. The molecule has 1 aliphatic rings. The highest BCUT2D eigenvalue weighted by Crippen LogP contribution is 2.25. The van der Waals surface area contributed by atoms with Crippen molar-refractivity contribution in [2.24, 2.45) is 5.92 Å². The Morgan fingerprint density at radius 2 is 2.19 bits per heavy atom. The van der Waals surface area contributed by atoms with Gasteiger partial charge in [-0.2, -0.15) is 0 Å². The number of hydrogen-bond donors (Lipinski definition) is 2. The molecule has 4 heteroatoms. The zero-order valence-corrected chi connectivity index (χ0v) is 12.9. The van der Waals surface area contributed by atoms with E-state index in [0.29, 0.717) is 24.4 Å². The predicted octanol–water partition coefficient (Wildman–Crippen LogP) is 2.61. The fourth-order valence-electron chi connectivity index (χ4n) is 2.81. The van der Waals surface area contributed by atoms with Crippen molar-refractivity contribution < 1.29 is 9.18 Å². The second-order valence-corrected chi connectivity index (χ2v) is 6.54. The van der Waals surface area contributed by atoms with E-state index in [-0.39, 0.29) is 11.7 Å². The van der Waals surface area contributed by atoms with Crippen LogP contribution in [0.1, 0.15) is 38.7 Å². The summed E-state index contributed by atoms with van der Waals surface area (Å²) in [5.41, 5.74) is 0.237. The molecule has 1 aliphatic heterocycles. The highest BCUT2D eigenvalue weighted by molar-refractivity contribution is 5.76. The van der Waals surface area contributed by atoms with Crippen LogP contribution in [0.25, 0.3) is 0 Å². The van der Waals surface area contributed by atoms with Gasteiger partial charge in [0.05, 0.1) is 0 Å². The molecule has 0 aromatic heterocycles. The van der Waals surface area contributed by atoms with Gasteiger partial charge in [0.25, 0.3) is 0 Å². The number of hydrogen-bond acceptors (Lipinski definition) is 2. The second kappa shape index (κ2) is 7.03. The van der Waals surface area contributed by atoms with Crippen molar-refractivity contribution in [3.63, 3.8) is 0 Å². The minimum absolute atomic E-state index is 0.0614. The number of nitrogens with one attached hydrogen (secondary N) is 2. The van der Waals surface area contributed by atoms with Gasteiger partial charge in [-0.3, -0.25) is 4.79 Å². The van der Waals surface area contributed by atoms with E-state index in [1.54, 1.807) is 12.1 Å². The fraction of sp³-hybridized carbons (Fsp3) is 0.588. The van der Waals surface area contributed by atoms with Gasteiger partial charge in [-0.1, -0.05) is 32.0 Å². The Hall–Kier alpha value is -1.42. The second-order valence-electron chi connectivity index (χ2n) is 6.54. The average molecular weight is 292 g/mol. The van der Waals surface area contributed by atoms with Gasteiger partial charge in [0.15, 0.2) is 0 Å². The highest BCUT2D eigenvalue weighted by atomic mass is 19.1. The number of carbonyl (C=O) groups excluding carboxylic acids is 1. The van der Waals surface area contributed by atoms with Gasteiger partial charge in [-0.25, -0.2) is 4.39 Å². The summed E-state index contributed by atoms with van der Waals surface area (Å²) in [7, 11) is 0. The molecule has 21 heavy (non-hydrogen) atoms. The predicted molar refractivity (Wildman–Crippen MR) is 82.6 cm³/mol. The molecule has 0 aliphatic carbocycles. The molecule has 1 fully saturated rings. The quantitative estimate of drug-likeness (QED) is 0.846. The van der Waals surface area contributed by atoms with E-state index in [4.69, 9.17) is 0 Å². The van der Waals surface area contributed by atoms with E-state index < -0.39 is 5.41 Å². The maximum atomic E-state index is 13.8. The normalized spacial score (nSPS) is 18.7. The molecule has 1 aromatic rings. The van der Waals surface area contributed by atoms with Gasteiger partial charge < -0.3 is 10.6 Å². The number of benzene rings is 1. The van der Waals surface area contributed by atoms with Gasteiger partial charge >= 0.3 is 0 Å². The summed E-state index contributed by atoms with van der Waals surface area (Å²) >= 11 is 0.